The van der Waals surface area contributed by atoms with Gasteiger partial charge in [-0.15, -0.1) is 33.3 Å². The average Bonchev–Trinajstić information content (AvgIpc) is 3.04. The first-order chi connectivity index (χ1) is 12.2. The van der Waals surface area contributed by atoms with Crippen LogP contribution in [0.5, 0.6) is 5.75 Å². The molecule has 0 aliphatic carbocycles. The topological polar surface area (TPSA) is 57.1 Å². The highest BCUT2D eigenvalue weighted by Gasteiger charge is 2.13. The minimum absolute atomic E-state index is 0.702. The molecule has 0 fully saturated rings. The van der Waals surface area contributed by atoms with Crippen LogP contribution in [0.15, 0.2) is 41.4 Å². The molecule has 0 unspecified atom stereocenters. The smallest absolute Gasteiger partial charge is 0.124 e. The molecule has 130 valence electrons. The molecule has 3 rings (SSSR count). The first-order valence-corrected chi connectivity index (χ1v) is 9.59. The molecule has 0 saturated heterocycles. The van der Waals surface area contributed by atoms with Crippen molar-refractivity contribution in [1.82, 2.24) is 15.2 Å². The molecular weight excluding hydrogens is 354 g/mol. The number of ether oxygens (including phenoxy) is 2. The first-order valence-electron chi connectivity index (χ1n) is 7.79. The van der Waals surface area contributed by atoms with Crippen molar-refractivity contribution in [3.63, 3.8) is 0 Å². The van der Waals surface area contributed by atoms with Crippen LogP contribution in [0.4, 0.5) is 0 Å². The zero-order valence-electron chi connectivity index (χ0n) is 14.4. The van der Waals surface area contributed by atoms with Crippen molar-refractivity contribution >= 4 is 23.1 Å². The van der Waals surface area contributed by atoms with Crippen LogP contribution in [0, 0.1) is 6.92 Å². The number of aryl methyl sites for hydroxylation is 1. The number of thiazole rings is 1. The number of thioether (sulfide) groups is 1. The fraction of sp³-hybridized carbons (Fsp3) is 0.278. The number of rotatable bonds is 7. The number of hydrogen-bond donors (Lipinski definition) is 0. The molecule has 2 heterocycles. The minimum Gasteiger partial charge on any atom is -0.497 e. The summed E-state index contributed by atoms with van der Waals surface area (Å²) in [5, 5.41) is 10.5. The number of aromatic nitrogens is 3. The molecule has 0 bridgehead atoms. The lowest BCUT2D eigenvalue weighted by molar-refractivity contribution is 0.218. The summed E-state index contributed by atoms with van der Waals surface area (Å²) < 4.78 is 10.3. The Hall–Kier alpha value is -1.96. The molecule has 0 amide bonds. The fourth-order valence-corrected chi connectivity index (χ4v) is 4.00. The predicted octanol–water partition coefficient (Wildman–Crippen LogP) is 4.32. The van der Waals surface area contributed by atoms with Gasteiger partial charge in [0.05, 0.1) is 24.3 Å². The molecule has 0 aliphatic rings. The van der Waals surface area contributed by atoms with Gasteiger partial charge in [-0.05, 0) is 43.3 Å². The Bertz CT molecular complexity index is 817. The molecule has 3 aromatic rings. The quantitative estimate of drug-likeness (QED) is 0.454. The lowest BCUT2D eigenvalue weighted by Crippen LogP contribution is -1.94. The number of methoxy groups -OCH3 is 2. The molecule has 0 aliphatic heterocycles. The van der Waals surface area contributed by atoms with E-state index in [9.17, 15) is 0 Å². The molecule has 0 N–H and O–H groups in total. The molecule has 2 aromatic heterocycles. The molecule has 0 saturated carbocycles. The number of nitrogens with zero attached hydrogens (tertiary/aromatic N) is 3. The zero-order chi connectivity index (χ0) is 17.6. The molecule has 0 radical (unpaired) electrons. The summed E-state index contributed by atoms with van der Waals surface area (Å²) in [6.45, 7) is 2.70. The van der Waals surface area contributed by atoms with Crippen molar-refractivity contribution in [2.75, 3.05) is 26.6 Å². The lowest BCUT2D eigenvalue weighted by Gasteiger charge is -2.01. The van der Waals surface area contributed by atoms with E-state index in [4.69, 9.17) is 9.47 Å². The third-order valence-electron chi connectivity index (χ3n) is 3.54. The van der Waals surface area contributed by atoms with E-state index in [0.717, 1.165) is 43.4 Å². The number of hydrogen-bond acceptors (Lipinski definition) is 7. The van der Waals surface area contributed by atoms with Gasteiger partial charge in [0.1, 0.15) is 21.5 Å². The van der Waals surface area contributed by atoms with Gasteiger partial charge in [0, 0.05) is 18.4 Å². The summed E-state index contributed by atoms with van der Waals surface area (Å²) in [4.78, 5) is 5.73. The van der Waals surface area contributed by atoms with Gasteiger partial charge in [-0.3, -0.25) is 0 Å². The molecule has 25 heavy (non-hydrogen) atoms. The predicted molar refractivity (Wildman–Crippen MR) is 102 cm³/mol. The van der Waals surface area contributed by atoms with E-state index in [2.05, 4.69) is 15.2 Å². The van der Waals surface area contributed by atoms with Gasteiger partial charge in [-0.1, -0.05) is 0 Å². The van der Waals surface area contributed by atoms with Crippen molar-refractivity contribution in [1.29, 1.82) is 0 Å². The van der Waals surface area contributed by atoms with Crippen LogP contribution in [0.3, 0.4) is 0 Å². The maximum Gasteiger partial charge on any atom is 0.124 e. The average molecular weight is 374 g/mol. The van der Waals surface area contributed by atoms with Crippen molar-refractivity contribution in [2.24, 2.45) is 0 Å². The van der Waals surface area contributed by atoms with Gasteiger partial charge >= 0.3 is 0 Å². The van der Waals surface area contributed by atoms with Crippen LogP contribution in [-0.4, -0.2) is 41.8 Å². The van der Waals surface area contributed by atoms with Crippen molar-refractivity contribution in [2.45, 2.75) is 11.9 Å². The summed E-state index contributed by atoms with van der Waals surface area (Å²) in [6.07, 6.45) is 0. The fourth-order valence-electron chi connectivity index (χ4n) is 2.24. The maximum absolute atomic E-state index is 5.20. The van der Waals surface area contributed by atoms with Crippen LogP contribution >= 0.6 is 23.1 Å². The van der Waals surface area contributed by atoms with E-state index in [1.165, 1.54) is 0 Å². The Morgan fingerprint density at radius 2 is 1.84 bits per heavy atom. The highest BCUT2D eigenvalue weighted by atomic mass is 32.2. The van der Waals surface area contributed by atoms with Crippen LogP contribution < -0.4 is 4.74 Å². The van der Waals surface area contributed by atoms with Crippen LogP contribution in [0.1, 0.15) is 5.69 Å². The van der Waals surface area contributed by atoms with E-state index in [-0.39, 0.29) is 0 Å². The van der Waals surface area contributed by atoms with E-state index < -0.39 is 0 Å². The molecule has 5 nitrogen and oxygen atoms in total. The Morgan fingerprint density at radius 3 is 2.48 bits per heavy atom. The minimum atomic E-state index is 0.702. The van der Waals surface area contributed by atoms with Crippen molar-refractivity contribution < 1.29 is 9.47 Å². The van der Waals surface area contributed by atoms with Crippen LogP contribution in [-0.2, 0) is 4.74 Å². The normalized spacial score (nSPS) is 10.8. The maximum atomic E-state index is 5.20. The monoisotopic (exact) mass is 373 g/mol. The van der Waals surface area contributed by atoms with E-state index >= 15 is 0 Å². The van der Waals surface area contributed by atoms with Crippen molar-refractivity contribution in [3.8, 4) is 26.9 Å². The third kappa shape index (κ3) is 4.36. The van der Waals surface area contributed by atoms with Gasteiger partial charge in [0.2, 0.25) is 0 Å². The summed E-state index contributed by atoms with van der Waals surface area (Å²) in [7, 11) is 3.36. The molecule has 0 spiro atoms. The Labute approximate surface area is 155 Å². The van der Waals surface area contributed by atoms with E-state index in [1.54, 1.807) is 37.3 Å². The summed E-state index contributed by atoms with van der Waals surface area (Å²) in [5.74, 6) is 1.70. The largest absolute Gasteiger partial charge is 0.497 e. The standard InChI is InChI=1S/C18H19N3O2S2/c1-12-17(15-8-9-16(21-20-15)24-11-10-22-2)25-18(19-12)13-4-6-14(23-3)7-5-13/h4-9H,10-11H2,1-3H3. The Morgan fingerprint density at radius 1 is 1.04 bits per heavy atom. The Balaban J connectivity index is 1.79. The van der Waals surface area contributed by atoms with Gasteiger partial charge in [0.25, 0.3) is 0 Å². The SMILES string of the molecule is COCCSc1ccc(-c2sc(-c3ccc(OC)cc3)nc2C)nn1. The Kier molecular flexibility index (Phi) is 6.01. The van der Waals surface area contributed by atoms with Crippen LogP contribution in [0.2, 0.25) is 0 Å². The van der Waals surface area contributed by atoms with Gasteiger partial charge < -0.3 is 9.47 Å². The van der Waals surface area contributed by atoms with E-state index in [0.29, 0.717) is 6.61 Å². The first kappa shape index (κ1) is 17.8. The van der Waals surface area contributed by atoms with Gasteiger partial charge in [-0.25, -0.2) is 4.98 Å². The molecule has 1 aromatic carbocycles. The summed E-state index contributed by atoms with van der Waals surface area (Å²) in [6, 6.07) is 11.9. The summed E-state index contributed by atoms with van der Waals surface area (Å²) in [5.41, 5.74) is 2.88. The second kappa shape index (κ2) is 8.42. The summed E-state index contributed by atoms with van der Waals surface area (Å²) >= 11 is 3.26. The van der Waals surface area contributed by atoms with Crippen molar-refractivity contribution in [3.05, 3.63) is 42.1 Å². The highest BCUT2D eigenvalue weighted by molar-refractivity contribution is 7.99. The van der Waals surface area contributed by atoms with Crippen LogP contribution in [0.25, 0.3) is 21.1 Å². The zero-order valence-corrected chi connectivity index (χ0v) is 16.0. The molecule has 0 atom stereocenters. The number of benzene rings is 1. The second-order valence-electron chi connectivity index (χ2n) is 5.26. The van der Waals surface area contributed by atoms with E-state index in [1.807, 2.05) is 43.3 Å². The highest BCUT2D eigenvalue weighted by Crippen LogP contribution is 2.34. The second-order valence-corrected chi connectivity index (χ2v) is 7.37. The third-order valence-corrected chi connectivity index (χ3v) is 5.66. The molecule has 7 heteroatoms. The molecular formula is C18H19N3O2S2. The van der Waals surface area contributed by atoms with Gasteiger partial charge in [-0.2, -0.15) is 0 Å². The lowest BCUT2D eigenvalue weighted by atomic mass is 10.2. The van der Waals surface area contributed by atoms with Gasteiger partial charge in [0.15, 0.2) is 0 Å².